The highest BCUT2D eigenvalue weighted by Crippen LogP contribution is 2.31. The number of benzene rings is 2. The molecule has 0 bridgehead atoms. The topological polar surface area (TPSA) is 69.5 Å². The molecule has 0 N–H and O–H groups in total. The normalized spacial score (nSPS) is 11.9. The van der Waals surface area contributed by atoms with Crippen molar-refractivity contribution in [3.63, 3.8) is 0 Å². The van der Waals surface area contributed by atoms with Gasteiger partial charge < -0.3 is 14.4 Å². The molecule has 0 saturated heterocycles. The van der Waals surface area contributed by atoms with E-state index in [1.807, 2.05) is 31.2 Å². The minimum atomic E-state index is -2.98. The lowest BCUT2D eigenvalue weighted by Gasteiger charge is -2.26. The first-order valence-electron chi connectivity index (χ1n) is 9.34. The highest BCUT2D eigenvalue weighted by molar-refractivity contribution is 5.95. The summed E-state index contributed by atoms with van der Waals surface area (Å²) >= 11 is 0. The van der Waals surface area contributed by atoms with Crippen LogP contribution in [0.25, 0.3) is 5.69 Å². The second kappa shape index (κ2) is 9.34. The van der Waals surface area contributed by atoms with Gasteiger partial charge in [-0.25, -0.2) is 9.67 Å². The Balaban J connectivity index is 1.77. The number of rotatable bonds is 8. The molecule has 3 aromatic rings. The maximum Gasteiger partial charge on any atom is 0.387 e. The summed E-state index contributed by atoms with van der Waals surface area (Å²) in [5, 5.41) is 4.08. The van der Waals surface area contributed by atoms with Gasteiger partial charge in [-0.1, -0.05) is 12.1 Å². The quantitative estimate of drug-likeness (QED) is 0.553. The molecule has 1 amide bonds. The Kier molecular flexibility index (Phi) is 6.61. The number of nitrogens with zero attached hydrogens (tertiary/aromatic N) is 4. The molecule has 7 nitrogen and oxygen atoms in total. The van der Waals surface area contributed by atoms with Gasteiger partial charge in [-0.3, -0.25) is 4.79 Å². The van der Waals surface area contributed by atoms with Crippen LogP contribution in [0.4, 0.5) is 8.78 Å². The second-order valence-electron chi connectivity index (χ2n) is 6.50. The Bertz CT molecular complexity index is 978. The minimum absolute atomic E-state index is 0.0990. The van der Waals surface area contributed by atoms with Gasteiger partial charge in [0.1, 0.15) is 12.7 Å². The highest BCUT2D eigenvalue weighted by Gasteiger charge is 2.21. The lowest BCUT2D eigenvalue weighted by Crippen LogP contribution is -2.29. The number of ether oxygens (including phenoxy) is 2. The van der Waals surface area contributed by atoms with Gasteiger partial charge >= 0.3 is 6.61 Å². The SMILES string of the molecule is CCOc1cc(C(=O)N(C)[C@H](C)c2ccc(-n3cncn3)cc2)ccc1OC(F)F. The van der Waals surface area contributed by atoms with Gasteiger partial charge in [0.2, 0.25) is 0 Å². The van der Waals surface area contributed by atoms with Crippen LogP contribution in [0.2, 0.25) is 0 Å². The molecule has 0 spiro atoms. The molecular weight excluding hydrogens is 394 g/mol. The van der Waals surface area contributed by atoms with Crippen molar-refractivity contribution in [3.8, 4) is 17.2 Å². The summed E-state index contributed by atoms with van der Waals surface area (Å²) in [5.41, 5.74) is 2.10. The molecule has 9 heteroatoms. The van der Waals surface area contributed by atoms with Crippen molar-refractivity contribution >= 4 is 5.91 Å². The number of amides is 1. The Morgan fingerprint density at radius 3 is 2.50 bits per heavy atom. The number of alkyl halides is 2. The average Bonchev–Trinajstić information content (AvgIpc) is 3.28. The van der Waals surface area contributed by atoms with Crippen LogP contribution in [0.5, 0.6) is 11.5 Å². The van der Waals surface area contributed by atoms with Crippen molar-refractivity contribution in [2.45, 2.75) is 26.5 Å². The molecule has 0 aliphatic carbocycles. The zero-order chi connectivity index (χ0) is 21.7. The Labute approximate surface area is 172 Å². The Morgan fingerprint density at radius 1 is 1.17 bits per heavy atom. The van der Waals surface area contributed by atoms with Crippen molar-refractivity contribution in [1.29, 1.82) is 0 Å². The Morgan fingerprint density at radius 2 is 1.90 bits per heavy atom. The molecule has 0 aliphatic heterocycles. The van der Waals surface area contributed by atoms with Gasteiger partial charge in [-0.05, 0) is 49.7 Å². The van der Waals surface area contributed by atoms with Crippen molar-refractivity contribution in [2.24, 2.45) is 0 Å². The van der Waals surface area contributed by atoms with Crippen LogP contribution in [-0.4, -0.2) is 45.8 Å². The molecule has 0 aliphatic rings. The largest absolute Gasteiger partial charge is 0.490 e. The van der Waals surface area contributed by atoms with E-state index in [2.05, 4.69) is 14.8 Å². The van der Waals surface area contributed by atoms with E-state index in [0.717, 1.165) is 11.3 Å². The number of halogens is 2. The minimum Gasteiger partial charge on any atom is -0.490 e. The molecule has 0 radical (unpaired) electrons. The number of carbonyl (C=O) groups excluding carboxylic acids is 1. The molecular formula is C21H22F2N4O3. The molecule has 2 aromatic carbocycles. The van der Waals surface area contributed by atoms with Crippen molar-refractivity contribution in [3.05, 3.63) is 66.2 Å². The van der Waals surface area contributed by atoms with Crippen LogP contribution in [0.1, 0.15) is 35.8 Å². The number of hydrogen-bond acceptors (Lipinski definition) is 5. The fourth-order valence-corrected chi connectivity index (χ4v) is 2.95. The third kappa shape index (κ3) is 4.73. The molecule has 0 saturated carbocycles. The molecule has 158 valence electrons. The van der Waals surface area contributed by atoms with Gasteiger partial charge in [-0.15, -0.1) is 0 Å². The van der Waals surface area contributed by atoms with Crippen LogP contribution in [0.15, 0.2) is 55.1 Å². The predicted octanol–water partition coefficient (Wildman–Crippen LogP) is 4.10. The van der Waals surface area contributed by atoms with E-state index in [9.17, 15) is 13.6 Å². The summed E-state index contributed by atoms with van der Waals surface area (Å²) in [4.78, 5) is 18.5. The molecule has 30 heavy (non-hydrogen) atoms. The van der Waals surface area contributed by atoms with Crippen LogP contribution in [0.3, 0.4) is 0 Å². The predicted molar refractivity (Wildman–Crippen MR) is 106 cm³/mol. The number of carbonyl (C=O) groups is 1. The fraction of sp³-hybridized carbons (Fsp3) is 0.286. The van der Waals surface area contributed by atoms with Gasteiger partial charge in [-0.2, -0.15) is 13.9 Å². The zero-order valence-corrected chi connectivity index (χ0v) is 16.8. The van der Waals surface area contributed by atoms with E-state index >= 15 is 0 Å². The highest BCUT2D eigenvalue weighted by atomic mass is 19.3. The maximum absolute atomic E-state index is 13.0. The van der Waals surface area contributed by atoms with E-state index < -0.39 is 6.61 Å². The lowest BCUT2D eigenvalue weighted by atomic mass is 10.1. The monoisotopic (exact) mass is 416 g/mol. The Hall–Kier alpha value is -3.49. The summed E-state index contributed by atoms with van der Waals surface area (Å²) in [6.45, 7) is 0.897. The van der Waals surface area contributed by atoms with Gasteiger partial charge in [0.05, 0.1) is 18.3 Å². The van der Waals surface area contributed by atoms with Crippen LogP contribution >= 0.6 is 0 Å². The summed E-state index contributed by atoms with van der Waals surface area (Å²) < 4.78 is 36.6. The molecule has 1 aromatic heterocycles. The zero-order valence-electron chi connectivity index (χ0n) is 16.8. The second-order valence-corrected chi connectivity index (χ2v) is 6.50. The van der Waals surface area contributed by atoms with Crippen LogP contribution in [0, 0.1) is 0 Å². The first-order chi connectivity index (χ1) is 14.4. The first kappa shape index (κ1) is 21.2. The molecule has 1 heterocycles. The van der Waals surface area contributed by atoms with Gasteiger partial charge in [0.15, 0.2) is 11.5 Å². The molecule has 1 atom stereocenters. The fourth-order valence-electron chi connectivity index (χ4n) is 2.95. The van der Waals surface area contributed by atoms with E-state index in [-0.39, 0.29) is 30.1 Å². The number of aromatic nitrogens is 3. The van der Waals surface area contributed by atoms with E-state index in [4.69, 9.17) is 4.74 Å². The lowest BCUT2D eigenvalue weighted by molar-refractivity contribution is -0.0514. The van der Waals surface area contributed by atoms with Crippen molar-refractivity contribution in [2.75, 3.05) is 13.7 Å². The third-order valence-corrected chi connectivity index (χ3v) is 4.67. The molecule has 3 rings (SSSR count). The summed E-state index contributed by atoms with van der Waals surface area (Å²) in [6.07, 6.45) is 3.06. The third-order valence-electron chi connectivity index (χ3n) is 4.67. The van der Waals surface area contributed by atoms with E-state index in [1.54, 1.807) is 29.9 Å². The van der Waals surface area contributed by atoms with Crippen molar-refractivity contribution in [1.82, 2.24) is 19.7 Å². The van der Waals surface area contributed by atoms with Crippen LogP contribution < -0.4 is 9.47 Å². The van der Waals surface area contributed by atoms with E-state index in [1.165, 1.54) is 24.5 Å². The summed E-state index contributed by atoms with van der Waals surface area (Å²) in [5.74, 6) is -0.280. The van der Waals surface area contributed by atoms with Crippen LogP contribution in [-0.2, 0) is 0 Å². The number of hydrogen-bond donors (Lipinski definition) is 0. The summed E-state index contributed by atoms with van der Waals surface area (Å²) in [6, 6.07) is 11.6. The molecule has 0 fully saturated rings. The standard InChI is InChI=1S/C21H22F2N4O3/c1-4-29-19-11-16(7-10-18(19)30-21(22)23)20(28)26(3)14(2)15-5-8-17(9-6-15)27-13-24-12-25-27/h5-14,21H,4H2,1-3H3/t14-/m1/s1. The van der Waals surface area contributed by atoms with Gasteiger partial charge in [0.25, 0.3) is 5.91 Å². The molecule has 0 unspecified atom stereocenters. The average molecular weight is 416 g/mol. The smallest absolute Gasteiger partial charge is 0.387 e. The summed E-state index contributed by atoms with van der Waals surface area (Å²) in [7, 11) is 1.68. The first-order valence-corrected chi connectivity index (χ1v) is 9.34. The van der Waals surface area contributed by atoms with E-state index in [0.29, 0.717) is 5.56 Å². The maximum atomic E-state index is 13.0. The van der Waals surface area contributed by atoms with Gasteiger partial charge in [0, 0.05) is 12.6 Å². The van der Waals surface area contributed by atoms with Crippen molar-refractivity contribution < 1.29 is 23.0 Å².